The van der Waals surface area contributed by atoms with Crippen LogP contribution in [-0.2, 0) is 9.47 Å². The molecule has 0 aromatic heterocycles. The van der Waals surface area contributed by atoms with Crippen LogP contribution in [-0.4, -0.2) is 31.7 Å². The van der Waals surface area contributed by atoms with E-state index in [2.05, 4.69) is 24.3 Å². The molecule has 0 saturated carbocycles. The second kappa shape index (κ2) is 8.62. The van der Waals surface area contributed by atoms with Gasteiger partial charge >= 0.3 is 0 Å². The van der Waals surface area contributed by atoms with Gasteiger partial charge < -0.3 is 9.47 Å². The minimum atomic E-state index is 0.294. The summed E-state index contributed by atoms with van der Waals surface area (Å²) in [5.74, 6) is 0.992. The summed E-state index contributed by atoms with van der Waals surface area (Å²) in [6, 6.07) is 10.4. The Kier molecular flexibility index (Phi) is 7.30. The minimum absolute atomic E-state index is 0.294. The quantitative estimate of drug-likeness (QED) is 0.513. The first-order valence-electron chi connectivity index (χ1n) is 5.66. The van der Waals surface area contributed by atoms with Crippen LogP contribution in [0.4, 0.5) is 0 Å². The number of hydrogen-bond donors (Lipinski definition) is 0. The summed E-state index contributed by atoms with van der Waals surface area (Å²) < 4.78 is 10.8. The largest absolute Gasteiger partial charge is 0.378 e. The van der Waals surface area contributed by atoms with Crippen LogP contribution in [0.15, 0.2) is 35.2 Å². The molecule has 0 aliphatic heterocycles. The Morgan fingerprint density at radius 1 is 1.06 bits per heavy atom. The zero-order chi connectivity index (χ0) is 11.6. The topological polar surface area (TPSA) is 18.5 Å². The second-order valence-corrected chi connectivity index (χ2v) is 4.86. The van der Waals surface area contributed by atoms with Crippen molar-refractivity contribution >= 4 is 11.8 Å². The molecule has 0 bridgehead atoms. The van der Waals surface area contributed by atoms with Gasteiger partial charge in [0.1, 0.15) is 0 Å². The Morgan fingerprint density at radius 2 is 1.81 bits per heavy atom. The molecule has 0 fully saturated rings. The standard InChI is InChI=1S/C13H20O2S/c1-12(2)15-9-8-14-10-11-16-13-6-4-3-5-7-13/h3-7,12H,8-11H2,1-2H3. The molecule has 3 heteroatoms. The Morgan fingerprint density at radius 3 is 2.50 bits per heavy atom. The zero-order valence-electron chi connectivity index (χ0n) is 10.0. The van der Waals surface area contributed by atoms with Gasteiger partial charge in [-0.05, 0) is 26.0 Å². The average Bonchev–Trinajstić information content (AvgIpc) is 2.29. The highest BCUT2D eigenvalue weighted by molar-refractivity contribution is 7.99. The van der Waals surface area contributed by atoms with Gasteiger partial charge in [0.25, 0.3) is 0 Å². The molecule has 0 saturated heterocycles. The van der Waals surface area contributed by atoms with Crippen molar-refractivity contribution in [2.45, 2.75) is 24.8 Å². The minimum Gasteiger partial charge on any atom is -0.378 e. The first kappa shape index (κ1) is 13.6. The third-order valence-corrected chi connectivity index (χ3v) is 2.89. The van der Waals surface area contributed by atoms with Crippen molar-refractivity contribution in [1.29, 1.82) is 0 Å². The highest BCUT2D eigenvalue weighted by Crippen LogP contribution is 2.16. The molecule has 0 atom stereocenters. The van der Waals surface area contributed by atoms with E-state index >= 15 is 0 Å². The lowest BCUT2D eigenvalue weighted by molar-refractivity contribution is 0.0237. The maximum absolute atomic E-state index is 5.46. The molecular formula is C13H20O2S. The van der Waals surface area contributed by atoms with E-state index in [-0.39, 0.29) is 0 Å². The summed E-state index contributed by atoms with van der Waals surface area (Å²) in [5, 5.41) is 0. The SMILES string of the molecule is CC(C)OCCOCCSc1ccccc1. The monoisotopic (exact) mass is 240 g/mol. The van der Waals surface area contributed by atoms with E-state index in [4.69, 9.17) is 9.47 Å². The fourth-order valence-electron chi connectivity index (χ4n) is 1.18. The molecule has 90 valence electrons. The molecule has 1 aromatic rings. The Balaban J connectivity index is 1.93. The molecular weight excluding hydrogens is 220 g/mol. The molecule has 1 rings (SSSR count). The van der Waals surface area contributed by atoms with Crippen molar-refractivity contribution in [2.75, 3.05) is 25.6 Å². The van der Waals surface area contributed by atoms with Gasteiger partial charge in [-0.15, -0.1) is 11.8 Å². The highest BCUT2D eigenvalue weighted by atomic mass is 32.2. The summed E-state index contributed by atoms with van der Waals surface area (Å²) in [6.45, 7) is 6.22. The van der Waals surface area contributed by atoms with E-state index in [0.717, 1.165) is 12.4 Å². The third-order valence-electron chi connectivity index (χ3n) is 1.92. The summed E-state index contributed by atoms with van der Waals surface area (Å²) >= 11 is 1.82. The third kappa shape index (κ3) is 6.88. The maximum atomic E-state index is 5.46. The number of ether oxygens (including phenoxy) is 2. The van der Waals surface area contributed by atoms with E-state index < -0.39 is 0 Å². The van der Waals surface area contributed by atoms with Gasteiger partial charge in [0.15, 0.2) is 0 Å². The molecule has 0 N–H and O–H groups in total. The van der Waals surface area contributed by atoms with E-state index in [1.807, 2.05) is 31.7 Å². The van der Waals surface area contributed by atoms with Crippen molar-refractivity contribution in [3.63, 3.8) is 0 Å². The lowest BCUT2D eigenvalue weighted by Crippen LogP contribution is -2.10. The fourth-order valence-corrected chi connectivity index (χ4v) is 1.97. The van der Waals surface area contributed by atoms with E-state index in [1.54, 1.807) is 0 Å². The number of hydrogen-bond acceptors (Lipinski definition) is 3. The molecule has 0 heterocycles. The smallest absolute Gasteiger partial charge is 0.0703 e. The summed E-state index contributed by atoms with van der Waals surface area (Å²) in [6.07, 6.45) is 0.294. The van der Waals surface area contributed by atoms with Crippen molar-refractivity contribution in [3.05, 3.63) is 30.3 Å². The highest BCUT2D eigenvalue weighted by Gasteiger charge is 1.94. The van der Waals surface area contributed by atoms with Crippen LogP contribution in [0.5, 0.6) is 0 Å². The van der Waals surface area contributed by atoms with Gasteiger partial charge in [0.2, 0.25) is 0 Å². The molecule has 0 radical (unpaired) electrons. The van der Waals surface area contributed by atoms with Crippen LogP contribution >= 0.6 is 11.8 Å². The molecule has 0 aliphatic rings. The second-order valence-electron chi connectivity index (χ2n) is 3.69. The van der Waals surface area contributed by atoms with Crippen LogP contribution in [0.25, 0.3) is 0 Å². The first-order valence-corrected chi connectivity index (χ1v) is 6.65. The number of thioether (sulfide) groups is 1. The lowest BCUT2D eigenvalue weighted by Gasteiger charge is -2.07. The van der Waals surface area contributed by atoms with Gasteiger partial charge in [0, 0.05) is 10.6 Å². The summed E-state index contributed by atoms with van der Waals surface area (Å²) in [5.41, 5.74) is 0. The predicted octanol–water partition coefficient (Wildman–Crippen LogP) is 3.22. The fraction of sp³-hybridized carbons (Fsp3) is 0.538. The Hall–Kier alpha value is -0.510. The van der Waals surface area contributed by atoms with Crippen LogP contribution in [0.3, 0.4) is 0 Å². The maximum Gasteiger partial charge on any atom is 0.0703 e. The molecule has 2 nitrogen and oxygen atoms in total. The van der Waals surface area contributed by atoms with Crippen molar-refractivity contribution in [3.8, 4) is 0 Å². The summed E-state index contributed by atoms with van der Waals surface area (Å²) in [4.78, 5) is 1.30. The Bertz CT molecular complexity index is 262. The van der Waals surface area contributed by atoms with Gasteiger partial charge in [-0.2, -0.15) is 0 Å². The molecule has 0 aliphatic carbocycles. The average molecular weight is 240 g/mol. The van der Waals surface area contributed by atoms with Crippen molar-refractivity contribution in [2.24, 2.45) is 0 Å². The molecule has 1 aromatic carbocycles. The molecule has 0 unspecified atom stereocenters. The normalized spacial score (nSPS) is 10.9. The summed E-state index contributed by atoms with van der Waals surface area (Å²) in [7, 11) is 0. The molecule has 0 amide bonds. The van der Waals surface area contributed by atoms with Gasteiger partial charge in [0.05, 0.1) is 25.9 Å². The van der Waals surface area contributed by atoms with E-state index in [0.29, 0.717) is 19.3 Å². The lowest BCUT2D eigenvalue weighted by atomic mass is 10.4. The molecule has 0 spiro atoms. The number of benzene rings is 1. The first-order chi connectivity index (χ1) is 7.79. The van der Waals surface area contributed by atoms with Crippen LogP contribution in [0, 0.1) is 0 Å². The number of rotatable bonds is 8. The van der Waals surface area contributed by atoms with Crippen LogP contribution in [0.2, 0.25) is 0 Å². The van der Waals surface area contributed by atoms with Crippen LogP contribution in [0.1, 0.15) is 13.8 Å². The molecule has 16 heavy (non-hydrogen) atoms. The van der Waals surface area contributed by atoms with E-state index in [1.165, 1.54) is 4.90 Å². The zero-order valence-corrected chi connectivity index (χ0v) is 10.8. The van der Waals surface area contributed by atoms with Gasteiger partial charge in [-0.1, -0.05) is 18.2 Å². The predicted molar refractivity (Wildman–Crippen MR) is 69.1 cm³/mol. The Labute approximate surface area is 102 Å². The van der Waals surface area contributed by atoms with Gasteiger partial charge in [-0.25, -0.2) is 0 Å². The van der Waals surface area contributed by atoms with Gasteiger partial charge in [-0.3, -0.25) is 0 Å². The van der Waals surface area contributed by atoms with Crippen LogP contribution < -0.4 is 0 Å². The van der Waals surface area contributed by atoms with E-state index in [9.17, 15) is 0 Å². The van der Waals surface area contributed by atoms with Crippen molar-refractivity contribution in [1.82, 2.24) is 0 Å². The van der Waals surface area contributed by atoms with Crippen molar-refractivity contribution < 1.29 is 9.47 Å².